The molecule has 3 aromatic rings. The first-order chi connectivity index (χ1) is 6.95. The smallest absolute Gasteiger partial charge is 0.00926 e. The van der Waals surface area contributed by atoms with Crippen LogP contribution in [-0.2, 0) is 0 Å². The fraction of sp³-hybridized carbons (Fsp3) is 0. The van der Waals surface area contributed by atoms with Crippen LogP contribution in [0.4, 0.5) is 0 Å². The first-order valence-corrected chi connectivity index (χ1v) is 4.90. The van der Waals surface area contributed by atoms with Crippen LogP contribution in [0.5, 0.6) is 0 Å². The summed E-state index contributed by atoms with van der Waals surface area (Å²) in [6.07, 6.45) is 2.30. The second kappa shape index (κ2) is 1.98. The van der Waals surface area contributed by atoms with Crippen molar-refractivity contribution in [2.24, 2.45) is 0 Å². The molecule has 0 spiro atoms. The summed E-state index contributed by atoms with van der Waals surface area (Å²) in [7, 11) is 0. The third-order valence-electron chi connectivity index (χ3n) is 3.19. The minimum absolute atomic E-state index is 1.40. The highest BCUT2D eigenvalue weighted by molar-refractivity contribution is 6.14. The monoisotopic (exact) mass is 176 g/mol. The Labute approximate surface area is 81.5 Å². The van der Waals surface area contributed by atoms with Crippen LogP contribution >= 0.6 is 0 Å². The molecule has 3 aromatic carbocycles. The van der Waals surface area contributed by atoms with Crippen molar-refractivity contribution in [3.8, 4) is 0 Å². The van der Waals surface area contributed by atoms with Gasteiger partial charge in [0.1, 0.15) is 0 Å². The van der Waals surface area contributed by atoms with Crippen molar-refractivity contribution in [2.45, 2.75) is 0 Å². The maximum Gasteiger partial charge on any atom is -0.00926 e. The number of fused-ring (bicyclic) bond motifs is 3. The van der Waals surface area contributed by atoms with Gasteiger partial charge < -0.3 is 0 Å². The van der Waals surface area contributed by atoms with E-state index < -0.39 is 0 Å². The SMILES string of the molecule is C1=c2c3cccc(c31)c1ccccc21. The Balaban J connectivity index is 2.52. The molecule has 0 amide bonds. The maximum atomic E-state index is 2.30. The van der Waals surface area contributed by atoms with Gasteiger partial charge in [0.15, 0.2) is 0 Å². The molecule has 0 N–H and O–H groups in total. The first-order valence-electron chi connectivity index (χ1n) is 4.90. The lowest BCUT2D eigenvalue weighted by molar-refractivity contribution is 1.63. The molecule has 4 bridgehead atoms. The van der Waals surface area contributed by atoms with E-state index in [9.17, 15) is 0 Å². The van der Waals surface area contributed by atoms with Gasteiger partial charge in [-0.3, -0.25) is 0 Å². The molecule has 64 valence electrons. The van der Waals surface area contributed by atoms with Crippen molar-refractivity contribution in [2.75, 3.05) is 0 Å². The van der Waals surface area contributed by atoms with Gasteiger partial charge in [-0.05, 0) is 38.4 Å². The van der Waals surface area contributed by atoms with Gasteiger partial charge in [0.2, 0.25) is 0 Å². The molecule has 1 aliphatic rings. The van der Waals surface area contributed by atoms with Gasteiger partial charge in [-0.25, -0.2) is 0 Å². The van der Waals surface area contributed by atoms with Crippen LogP contribution < -0.4 is 5.22 Å². The zero-order valence-corrected chi connectivity index (χ0v) is 7.62. The Morgan fingerprint density at radius 3 is 2.21 bits per heavy atom. The molecule has 14 heavy (non-hydrogen) atoms. The summed E-state index contributed by atoms with van der Waals surface area (Å²) in [5.74, 6) is 0. The van der Waals surface area contributed by atoms with Crippen LogP contribution in [0.1, 0.15) is 5.56 Å². The minimum Gasteiger partial charge on any atom is -0.0616 e. The largest absolute Gasteiger partial charge is 0.0616 e. The topological polar surface area (TPSA) is 0 Å². The zero-order valence-electron chi connectivity index (χ0n) is 7.62. The van der Waals surface area contributed by atoms with E-state index >= 15 is 0 Å². The lowest BCUT2D eigenvalue weighted by Crippen LogP contribution is -2.15. The molecular weight excluding hydrogens is 168 g/mol. The van der Waals surface area contributed by atoms with Gasteiger partial charge in [-0.15, -0.1) is 0 Å². The van der Waals surface area contributed by atoms with Crippen LogP contribution in [0.3, 0.4) is 0 Å². The first kappa shape index (κ1) is 6.61. The summed E-state index contributed by atoms with van der Waals surface area (Å²) in [6.45, 7) is 0. The standard InChI is InChI=1S/C14H8/c1-2-5-10-9(4-1)11-6-3-7-12-13(10)8-14(11)12/h1-8H. The molecule has 0 heterocycles. The molecule has 0 saturated carbocycles. The van der Waals surface area contributed by atoms with Crippen molar-refractivity contribution in [3.63, 3.8) is 0 Å². The van der Waals surface area contributed by atoms with Crippen LogP contribution in [0.15, 0.2) is 42.5 Å². The summed E-state index contributed by atoms with van der Waals surface area (Å²) in [6, 6.07) is 15.2. The second-order valence-corrected chi connectivity index (χ2v) is 3.87. The fourth-order valence-corrected chi connectivity index (χ4v) is 2.51. The average molecular weight is 176 g/mol. The maximum absolute atomic E-state index is 2.30. The van der Waals surface area contributed by atoms with E-state index in [1.165, 1.54) is 32.3 Å². The van der Waals surface area contributed by atoms with Crippen LogP contribution in [0.25, 0.3) is 27.6 Å². The molecule has 0 aliphatic heterocycles. The lowest BCUT2D eigenvalue weighted by atomic mass is 9.86. The van der Waals surface area contributed by atoms with Gasteiger partial charge in [-0.2, -0.15) is 0 Å². The Kier molecular flexibility index (Phi) is 0.935. The summed E-state index contributed by atoms with van der Waals surface area (Å²) >= 11 is 0. The predicted octanol–water partition coefficient (Wildman–Crippen LogP) is 2.85. The van der Waals surface area contributed by atoms with Crippen molar-refractivity contribution in [1.82, 2.24) is 0 Å². The lowest BCUT2D eigenvalue weighted by Gasteiger charge is -2.17. The van der Waals surface area contributed by atoms with Crippen molar-refractivity contribution >= 4 is 27.6 Å². The Morgan fingerprint density at radius 2 is 1.29 bits per heavy atom. The number of hydrogen-bond acceptors (Lipinski definition) is 0. The summed E-state index contributed by atoms with van der Waals surface area (Å²) in [4.78, 5) is 0. The summed E-state index contributed by atoms with van der Waals surface area (Å²) < 4.78 is 0. The molecule has 0 nitrogen and oxygen atoms in total. The van der Waals surface area contributed by atoms with E-state index in [0.717, 1.165) is 0 Å². The molecule has 0 saturated heterocycles. The third-order valence-corrected chi connectivity index (χ3v) is 3.19. The third kappa shape index (κ3) is 0.559. The summed E-state index contributed by atoms with van der Waals surface area (Å²) in [5, 5.41) is 7.04. The Hall–Kier alpha value is -1.82. The Bertz CT molecular complexity index is 720. The van der Waals surface area contributed by atoms with Crippen LogP contribution in [0, 0.1) is 0 Å². The quantitative estimate of drug-likeness (QED) is 0.386. The highest BCUT2D eigenvalue weighted by Gasteiger charge is 2.14. The molecule has 1 aliphatic carbocycles. The van der Waals surface area contributed by atoms with E-state index in [1.54, 1.807) is 0 Å². The van der Waals surface area contributed by atoms with Crippen LogP contribution in [0.2, 0.25) is 0 Å². The van der Waals surface area contributed by atoms with Gasteiger partial charge in [-0.1, -0.05) is 42.5 Å². The highest BCUT2D eigenvalue weighted by Crippen LogP contribution is 2.31. The number of benzene rings is 3. The van der Waals surface area contributed by atoms with E-state index in [2.05, 4.69) is 48.5 Å². The van der Waals surface area contributed by atoms with E-state index in [-0.39, 0.29) is 0 Å². The molecule has 0 heteroatoms. The van der Waals surface area contributed by atoms with Crippen molar-refractivity contribution in [1.29, 1.82) is 0 Å². The van der Waals surface area contributed by atoms with E-state index in [0.29, 0.717) is 0 Å². The van der Waals surface area contributed by atoms with Crippen molar-refractivity contribution < 1.29 is 0 Å². The molecular formula is C14H8. The molecule has 0 fully saturated rings. The van der Waals surface area contributed by atoms with Crippen molar-refractivity contribution in [3.05, 3.63) is 53.2 Å². The molecule has 4 rings (SSSR count). The van der Waals surface area contributed by atoms with E-state index in [4.69, 9.17) is 0 Å². The second-order valence-electron chi connectivity index (χ2n) is 3.87. The van der Waals surface area contributed by atoms with E-state index in [1.807, 2.05) is 0 Å². The van der Waals surface area contributed by atoms with Gasteiger partial charge in [0.05, 0.1) is 0 Å². The highest BCUT2D eigenvalue weighted by atomic mass is 14.2. The zero-order chi connectivity index (χ0) is 9.12. The predicted molar refractivity (Wildman–Crippen MR) is 60.2 cm³/mol. The summed E-state index contributed by atoms with van der Waals surface area (Å²) in [5.41, 5.74) is 1.43. The molecule has 0 unspecified atom stereocenters. The van der Waals surface area contributed by atoms with Crippen LogP contribution in [-0.4, -0.2) is 0 Å². The average Bonchev–Trinajstić information content (AvgIpc) is 2.22. The number of rotatable bonds is 0. The fourth-order valence-electron chi connectivity index (χ4n) is 2.51. The van der Waals surface area contributed by atoms with Gasteiger partial charge >= 0.3 is 0 Å². The normalized spacial score (nSPS) is 12.9. The minimum atomic E-state index is 1.40. The number of hydrogen-bond donors (Lipinski definition) is 0. The molecule has 0 radical (unpaired) electrons. The molecule has 0 aromatic heterocycles. The van der Waals surface area contributed by atoms with Gasteiger partial charge in [0.25, 0.3) is 0 Å². The van der Waals surface area contributed by atoms with Gasteiger partial charge in [0, 0.05) is 0 Å². The molecule has 0 atom stereocenters. The Morgan fingerprint density at radius 1 is 0.571 bits per heavy atom.